The first-order chi connectivity index (χ1) is 13.1. The Labute approximate surface area is 186 Å². The molecule has 3 rings (SSSR count). The Morgan fingerprint density at radius 1 is 1.25 bits per heavy atom. The number of hydrogen-bond acceptors (Lipinski definition) is 3. The van der Waals surface area contributed by atoms with E-state index >= 15 is 0 Å². The fourth-order valence-corrected chi connectivity index (χ4v) is 4.03. The number of nitrogens with zero attached hydrogens (tertiary/aromatic N) is 3. The van der Waals surface area contributed by atoms with E-state index in [1.165, 1.54) is 24.1 Å². The van der Waals surface area contributed by atoms with Gasteiger partial charge in [0, 0.05) is 58.4 Å². The molecule has 1 amide bonds. The second-order valence-electron chi connectivity index (χ2n) is 7.89. The van der Waals surface area contributed by atoms with E-state index in [0.717, 1.165) is 44.9 Å². The number of aliphatic imine (C=N–C) groups is 1. The maximum absolute atomic E-state index is 12.6. The van der Waals surface area contributed by atoms with E-state index in [4.69, 9.17) is 0 Å². The number of carbonyl (C=O) groups is 1. The van der Waals surface area contributed by atoms with Crippen molar-refractivity contribution in [2.24, 2.45) is 10.9 Å². The fourth-order valence-electron chi connectivity index (χ4n) is 4.03. The van der Waals surface area contributed by atoms with Crippen LogP contribution in [0.4, 0.5) is 5.69 Å². The van der Waals surface area contributed by atoms with Crippen molar-refractivity contribution in [3.63, 3.8) is 0 Å². The van der Waals surface area contributed by atoms with Crippen LogP contribution in [0.25, 0.3) is 0 Å². The van der Waals surface area contributed by atoms with E-state index in [1.54, 1.807) is 7.05 Å². The van der Waals surface area contributed by atoms with Gasteiger partial charge in [0.15, 0.2) is 5.96 Å². The lowest BCUT2D eigenvalue weighted by atomic mass is 10.1. The maximum Gasteiger partial charge on any atom is 0.225 e. The summed E-state index contributed by atoms with van der Waals surface area (Å²) in [7, 11) is 5.89. The summed E-state index contributed by atoms with van der Waals surface area (Å²) >= 11 is 0. The minimum atomic E-state index is 0. The molecule has 1 saturated carbocycles. The van der Waals surface area contributed by atoms with Crippen LogP contribution in [0.2, 0.25) is 0 Å². The van der Waals surface area contributed by atoms with E-state index < -0.39 is 0 Å². The molecule has 0 spiro atoms. The van der Waals surface area contributed by atoms with Crippen molar-refractivity contribution in [3.05, 3.63) is 29.8 Å². The van der Waals surface area contributed by atoms with Gasteiger partial charge in [0.25, 0.3) is 0 Å². The van der Waals surface area contributed by atoms with E-state index in [2.05, 4.69) is 44.8 Å². The van der Waals surface area contributed by atoms with Crippen molar-refractivity contribution >= 4 is 41.5 Å². The number of carbonyl (C=O) groups excluding carboxylic acids is 1. The van der Waals surface area contributed by atoms with Crippen LogP contribution in [0, 0.1) is 5.92 Å². The molecule has 1 aromatic rings. The average molecular weight is 499 g/mol. The highest BCUT2D eigenvalue weighted by atomic mass is 127. The summed E-state index contributed by atoms with van der Waals surface area (Å²) in [5.74, 6) is 1.43. The van der Waals surface area contributed by atoms with Crippen molar-refractivity contribution in [1.29, 1.82) is 0 Å². The lowest BCUT2D eigenvalue weighted by molar-refractivity contribution is -0.134. The first-order valence-electron chi connectivity index (χ1n) is 10.1. The van der Waals surface area contributed by atoms with Crippen LogP contribution in [0.5, 0.6) is 0 Å². The van der Waals surface area contributed by atoms with Crippen molar-refractivity contribution in [2.75, 3.05) is 39.1 Å². The average Bonchev–Trinajstić information content (AvgIpc) is 3.37. The van der Waals surface area contributed by atoms with Gasteiger partial charge in [-0.1, -0.05) is 25.0 Å². The molecule has 1 aromatic carbocycles. The zero-order valence-corrected chi connectivity index (χ0v) is 19.6. The van der Waals surface area contributed by atoms with Crippen LogP contribution in [0.1, 0.15) is 37.7 Å². The Morgan fingerprint density at radius 3 is 2.68 bits per heavy atom. The molecule has 1 unspecified atom stereocenters. The summed E-state index contributed by atoms with van der Waals surface area (Å²) in [4.78, 5) is 21.1. The van der Waals surface area contributed by atoms with Gasteiger partial charge in [-0.2, -0.15) is 0 Å². The van der Waals surface area contributed by atoms with E-state index in [-0.39, 0.29) is 35.9 Å². The summed E-state index contributed by atoms with van der Waals surface area (Å²) < 4.78 is 0. The highest BCUT2D eigenvalue weighted by Crippen LogP contribution is 2.27. The molecule has 1 aliphatic heterocycles. The standard InChI is InChI=1S/C21H33N5O.HI/c1-22-21(23-14-16-7-6-10-19(13-16)25(2)3)24-18-11-12-26(15-18)20(27)17-8-4-5-9-17;/h6-7,10,13,17-18H,4-5,8-9,11-12,14-15H2,1-3H3,(H2,22,23,24);1H. The zero-order chi connectivity index (χ0) is 19.2. The number of halogens is 1. The Kier molecular flexibility index (Phi) is 8.85. The Bertz CT molecular complexity index is 673. The van der Waals surface area contributed by atoms with Crippen molar-refractivity contribution in [1.82, 2.24) is 15.5 Å². The highest BCUT2D eigenvalue weighted by molar-refractivity contribution is 14.0. The van der Waals surface area contributed by atoms with E-state index in [1.807, 2.05) is 19.0 Å². The quantitative estimate of drug-likeness (QED) is 0.372. The number of guanidine groups is 1. The molecule has 6 nitrogen and oxygen atoms in total. The molecule has 0 aromatic heterocycles. The Morgan fingerprint density at radius 2 is 2.00 bits per heavy atom. The van der Waals surface area contributed by atoms with Gasteiger partial charge in [0.05, 0.1) is 0 Å². The van der Waals surface area contributed by atoms with Gasteiger partial charge in [-0.15, -0.1) is 24.0 Å². The number of rotatable bonds is 5. The Hall–Kier alpha value is -1.51. The first-order valence-corrected chi connectivity index (χ1v) is 10.1. The van der Waals surface area contributed by atoms with Gasteiger partial charge in [-0.25, -0.2) is 0 Å². The summed E-state index contributed by atoms with van der Waals surface area (Å²) in [6.45, 7) is 2.36. The van der Waals surface area contributed by atoms with Crippen LogP contribution < -0.4 is 15.5 Å². The molecule has 2 fully saturated rings. The maximum atomic E-state index is 12.6. The van der Waals surface area contributed by atoms with Gasteiger partial charge >= 0.3 is 0 Å². The molecule has 156 valence electrons. The third kappa shape index (κ3) is 5.99. The molecular formula is C21H34IN5O. The van der Waals surface area contributed by atoms with Crippen molar-refractivity contribution < 1.29 is 4.79 Å². The second-order valence-corrected chi connectivity index (χ2v) is 7.89. The number of hydrogen-bond donors (Lipinski definition) is 2. The lowest BCUT2D eigenvalue weighted by Crippen LogP contribution is -2.45. The van der Waals surface area contributed by atoms with Crippen LogP contribution in [-0.2, 0) is 11.3 Å². The molecule has 28 heavy (non-hydrogen) atoms. The topological polar surface area (TPSA) is 60.0 Å². The highest BCUT2D eigenvalue weighted by Gasteiger charge is 2.32. The number of anilines is 1. The van der Waals surface area contributed by atoms with Crippen LogP contribution in [-0.4, -0.2) is 57.0 Å². The molecule has 1 aliphatic carbocycles. The van der Waals surface area contributed by atoms with Gasteiger partial charge in [-0.05, 0) is 37.0 Å². The van der Waals surface area contributed by atoms with Gasteiger partial charge < -0.3 is 20.4 Å². The number of nitrogens with one attached hydrogen (secondary N) is 2. The van der Waals surface area contributed by atoms with E-state index in [0.29, 0.717) is 5.91 Å². The fraction of sp³-hybridized carbons (Fsp3) is 0.619. The van der Waals surface area contributed by atoms with Gasteiger partial charge in [-0.3, -0.25) is 9.79 Å². The van der Waals surface area contributed by atoms with Crippen molar-refractivity contribution in [3.8, 4) is 0 Å². The third-order valence-electron chi connectivity index (χ3n) is 5.66. The molecule has 2 N–H and O–H groups in total. The monoisotopic (exact) mass is 499 g/mol. The summed E-state index contributed by atoms with van der Waals surface area (Å²) in [6.07, 6.45) is 5.54. The van der Waals surface area contributed by atoms with Crippen molar-refractivity contribution in [2.45, 2.75) is 44.7 Å². The zero-order valence-electron chi connectivity index (χ0n) is 17.3. The lowest BCUT2D eigenvalue weighted by Gasteiger charge is -2.21. The predicted molar refractivity (Wildman–Crippen MR) is 126 cm³/mol. The third-order valence-corrected chi connectivity index (χ3v) is 5.66. The first kappa shape index (κ1) is 22.8. The molecule has 7 heteroatoms. The SMILES string of the molecule is CN=C(NCc1cccc(N(C)C)c1)NC1CCN(C(=O)C2CCCC2)C1.I. The number of benzene rings is 1. The molecular weight excluding hydrogens is 465 g/mol. The smallest absolute Gasteiger partial charge is 0.225 e. The largest absolute Gasteiger partial charge is 0.378 e. The molecule has 1 saturated heterocycles. The summed E-state index contributed by atoms with van der Waals surface area (Å²) in [5.41, 5.74) is 2.41. The van der Waals surface area contributed by atoms with E-state index in [9.17, 15) is 4.79 Å². The van der Waals surface area contributed by atoms with Crippen LogP contribution >= 0.6 is 24.0 Å². The van der Waals surface area contributed by atoms with Gasteiger partial charge in [0.1, 0.15) is 0 Å². The molecule has 0 bridgehead atoms. The minimum absolute atomic E-state index is 0. The van der Waals surface area contributed by atoms with Crippen LogP contribution in [0.15, 0.2) is 29.3 Å². The molecule has 1 heterocycles. The molecule has 1 atom stereocenters. The predicted octanol–water partition coefficient (Wildman–Crippen LogP) is 2.83. The molecule has 2 aliphatic rings. The van der Waals surface area contributed by atoms with Crippen LogP contribution in [0.3, 0.4) is 0 Å². The Balaban J connectivity index is 0.00000280. The minimum Gasteiger partial charge on any atom is -0.378 e. The second kappa shape index (κ2) is 10.9. The molecule has 0 radical (unpaired) electrons. The van der Waals surface area contributed by atoms with Gasteiger partial charge in [0.2, 0.25) is 5.91 Å². The number of amides is 1. The normalized spacial score (nSPS) is 20.0. The number of likely N-dealkylation sites (tertiary alicyclic amines) is 1. The summed E-state index contributed by atoms with van der Waals surface area (Å²) in [5, 5.41) is 6.88. The summed E-state index contributed by atoms with van der Waals surface area (Å²) in [6, 6.07) is 8.74.